The number of ether oxygens (including phenoxy) is 2. The molecule has 1 aromatic rings. The SMILES string of the molecule is CCOC(=O)COC(C)(C)C(F)(F)C(C)(N)c1cc(Br)ccc1F. The molecule has 0 fully saturated rings. The number of carbonyl (C=O) groups is 1. The van der Waals surface area contributed by atoms with Crippen molar-refractivity contribution in [3.05, 3.63) is 34.1 Å². The van der Waals surface area contributed by atoms with E-state index in [9.17, 15) is 9.18 Å². The Morgan fingerprint density at radius 2 is 1.88 bits per heavy atom. The first-order valence-corrected chi connectivity index (χ1v) is 8.08. The van der Waals surface area contributed by atoms with Crippen LogP contribution in [-0.4, -0.2) is 30.7 Å². The van der Waals surface area contributed by atoms with Crippen LogP contribution in [0.15, 0.2) is 22.7 Å². The molecule has 4 nitrogen and oxygen atoms in total. The topological polar surface area (TPSA) is 61.5 Å². The zero-order chi connectivity index (χ0) is 18.8. The minimum Gasteiger partial charge on any atom is -0.464 e. The minimum absolute atomic E-state index is 0.108. The lowest BCUT2D eigenvalue weighted by Gasteiger charge is -2.43. The Kier molecular flexibility index (Phi) is 6.46. The number of alkyl halides is 2. The van der Waals surface area contributed by atoms with Crippen molar-refractivity contribution in [2.45, 2.75) is 44.8 Å². The molecule has 0 aliphatic carbocycles. The molecule has 0 saturated carbocycles. The van der Waals surface area contributed by atoms with Gasteiger partial charge in [0.05, 0.1) is 6.61 Å². The second-order valence-corrected chi connectivity index (χ2v) is 6.92. The molecule has 0 bridgehead atoms. The fraction of sp³-hybridized carbons (Fsp3) is 0.562. The number of nitrogens with two attached hydrogens (primary N) is 1. The third-order valence-corrected chi connectivity index (χ3v) is 4.25. The Morgan fingerprint density at radius 1 is 1.29 bits per heavy atom. The molecule has 0 saturated heterocycles. The summed E-state index contributed by atoms with van der Waals surface area (Å²) < 4.78 is 54.2. The zero-order valence-corrected chi connectivity index (χ0v) is 15.5. The van der Waals surface area contributed by atoms with Crippen LogP contribution in [0.4, 0.5) is 13.2 Å². The van der Waals surface area contributed by atoms with Gasteiger partial charge in [0.1, 0.15) is 23.6 Å². The van der Waals surface area contributed by atoms with Gasteiger partial charge in [0.25, 0.3) is 5.92 Å². The number of carbonyl (C=O) groups excluding carboxylic acids is 1. The Morgan fingerprint density at radius 3 is 2.42 bits per heavy atom. The number of benzene rings is 1. The Balaban J connectivity index is 3.14. The lowest BCUT2D eigenvalue weighted by molar-refractivity contribution is -0.228. The molecule has 24 heavy (non-hydrogen) atoms. The molecule has 0 heterocycles. The summed E-state index contributed by atoms with van der Waals surface area (Å²) in [5.74, 6) is -5.33. The molecule has 1 rings (SSSR count). The molecule has 1 aromatic carbocycles. The van der Waals surface area contributed by atoms with E-state index in [1.165, 1.54) is 12.1 Å². The van der Waals surface area contributed by atoms with E-state index in [1.807, 2.05) is 0 Å². The molecule has 1 atom stereocenters. The molecule has 0 spiro atoms. The summed E-state index contributed by atoms with van der Waals surface area (Å²) in [5.41, 5.74) is 0.947. The van der Waals surface area contributed by atoms with Gasteiger partial charge in [0.2, 0.25) is 0 Å². The fourth-order valence-corrected chi connectivity index (χ4v) is 2.58. The maximum atomic E-state index is 15.0. The summed E-state index contributed by atoms with van der Waals surface area (Å²) in [7, 11) is 0. The van der Waals surface area contributed by atoms with E-state index in [2.05, 4.69) is 20.7 Å². The van der Waals surface area contributed by atoms with E-state index in [-0.39, 0.29) is 12.2 Å². The van der Waals surface area contributed by atoms with Gasteiger partial charge in [0, 0.05) is 10.0 Å². The lowest BCUT2D eigenvalue weighted by atomic mass is 9.78. The molecular formula is C16H21BrF3NO3. The highest BCUT2D eigenvalue weighted by atomic mass is 79.9. The van der Waals surface area contributed by atoms with Crippen LogP contribution in [-0.2, 0) is 19.8 Å². The highest BCUT2D eigenvalue weighted by Gasteiger charge is 2.60. The largest absolute Gasteiger partial charge is 0.464 e. The first kappa shape index (κ1) is 20.9. The van der Waals surface area contributed by atoms with Gasteiger partial charge in [-0.15, -0.1) is 0 Å². The second kappa shape index (κ2) is 7.41. The van der Waals surface area contributed by atoms with Crippen LogP contribution >= 0.6 is 15.9 Å². The van der Waals surface area contributed by atoms with Crippen molar-refractivity contribution in [2.75, 3.05) is 13.2 Å². The van der Waals surface area contributed by atoms with Gasteiger partial charge in [-0.25, -0.2) is 18.0 Å². The normalized spacial score (nSPS) is 15.0. The molecule has 2 N–H and O–H groups in total. The van der Waals surface area contributed by atoms with E-state index in [0.29, 0.717) is 4.47 Å². The zero-order valence-electron chi connectivity index (χ0n) is 14.0. The second-order valence-electron chi connectivity index (χ2n) is 6.00. The van der Waals surface area contributed by atoms with Crippen LogP contribution in [0.3, 0.4) is 0 Å². The summed E-state index contributed by atoms with van der Waals surface area (Å²) in [5, 5.41) is 0. The lowest BCUT2D eigenvalue weighted by Crippen LogP contribution is -2.62. The highest BCUT2D eigenvalue weighted by Crippen LogP contribution is 2.45. The summed E-state index contributed by atoms with van der Waals surface area (Å²) in [6.07, 6.45) is 0. The average molecular weight is 412 g/mol. The average Bonchev–Trinajstić information content (AvgIpc) is 2.47. The highest BCUT2D eigenvalue weighted by molar-refractivity contribution is 9.10. The maximum absolute atomic E-state index is 15.0. The van der Waals surface area contributed by atoms with Crippen LogP contribution in [0.1, 0.15) is 33.3 Å². The van der Waals surface area contributed by atoms with E-state index in [1.54, 1.807) is 6.92 Å². The molecular weight excluding hydrogens is 391 g/mol. The smallest absolute Gasteiger partial charge is 0.332 e. The maximum Gasteiger partial charge on any atom is 0.332 e. The summed E-state index contributed by atoms with van der Waals surface area (Å²) in [4.78, 5) is 11.3. The molecule has 8 heteroatoms. The third kappa shape index (κ3) is 4.10. The number of hydrogen-bond acceptors (Lipinski definition) is 4. The van der Waals surface area contributed by atoms with E-state index < -0.39 is 35.5 Å². The summed E-state index contributed by atoms with van der Waals surface area (Å²) in [6, 6.07) is 3.63. The molecule has 0 aliphatic heterocycles. The first-order valence-electron chi connectivity index (χ1n) is 7.28. The van der Waals surface area contributed by atoms with Gasteiger partial charge in [-0.05, 0) is 45.9 Å². The number of hydrogen-bond donors (Lipinski definition) is 1. The Hall–Kier alpha value is -1.12. The predicted molar refractivity (Wildman–Crippen MR) is 87.3 cm³/mol. The molecule has 0 aromatic heterocycles. The van der Waals surface area contributed by atoms with Gasteiger partial charge in [-0.1, -0.05) is 15.9 Å². The van der Waals surface area contributed by atoms with Crippen LogP contribution in [0, 0.1) is 5.82 Å². The predicted octanol–water partition coefficient (Wildman–Crippen LogP) is 3.76. The molecule has 0 amide bonds. The van der Waals surface area contributed by atoms with Crippen LogP contribution in [0.2, 0.25) is 0 Å². The van der Waals surface area contributed by atoms with Crippen molar-refractivity contribution in [3.8, 4) is 0 Å². The molecule has 0 radical (unpaired) electrons. The summed E-state index contributed by atoms with van der Waals surface area (Å²) >= 11 is 3.11. The number of halogens is 4. The number of rotatable bonds is 7. The van der Waals surface area contributed by atoms with Crippen LogP contribution < -0.4 is 5.73 Å². The van der Waals surface area contributed by atoms with E-state index in [0.717, 1.165) is 26.8 Å². The Labute approximate surface area is 147 Å². The fourth-order valence-electron chi connectivity index (χ4n) is 2.22. The Bertz CT molecular complexity index is 606. The first-order chi connectivity index (χ1) is 10.9. The standard InChI is InChI=1S/C16H21BrF3NO3/c1-5-23-13(22)9-24-14(2,3)16(19,20)15(4,21)11-8-10(17)6-7-12(11)18/h6-8H,5,9,21H2,1-4H3. The van der Waals surface area contributed by atoms with E-state index in [4.69, 9.17) is 10.5 Å². The number of esters is 1. The van der Waals surface area contributed by atoms with Crippen molar-refractivity contribution in [3.63, 3.8) is 0 Å². The third-order valence-electron chi connectivity index (χ3n) is 3.75. The van der Waals surface area contributed by atoms with Crippen molar-refractivity contribution < 1.29 is 27.4 Å². The van der Waals surface area contributed by atoms with E-state index >= 15 is 8.78 Å². The van der Waals surface area contributed by atoms with Gasteiger partial charge >= 0.3 is 5.97 Å². The van der Waals surface area contributed by atoms with Crippen LogP contribution in [0.5, 0.6) is 0 Å². The van der Waals surface area contributed by atoms with Crippen LogP contribution in [0.25, 0.3) is 0 Å². The van der Waals surface area contributed by atoms with Crippen molar-refractivity contribution in [2.24, 2.45) is 5.73 Å². The molecule has 136 valence electrons. The van der Waals surface area contributed by atoms with Crippen molar-refractivity contribution in [1.82, 2.24) is 0 Å². The van der Waals surface area contributed by atoms with Crippen molar-refractivity contribution >= 4 is 21.9 Å². The summed E-state index contributed by atoms with van der Waals surface area (Å²) in [6.45, 7) is 4.24. The van der Waals surface area contributed by atoms with Crippen molar-refractivity contribution in [1.29, 1.82) is 0 Å². The quantitative estimate of drug-likeness (QED) is 0.693. The monoisotopic (exact) mass is 411 g/mol. The van der Waals surface area contributed by atoms with Gasteiger partial charge in [-0.2, -0.15) is 0 Å². The van der Waals surface area contributed by atoms with Gasteiger partial charge in [-0.3, -0.25) is 0 Å². The molecule has 0 aliphatic rings. The van der Waals surface area contributed by atoms with Gasteiger partial charge in [0.15, 0.2) is 0 Å². The minimum atomic E-state index is -3.70. The van der Waals surface area contributed by atoms with Gasteiger partial charge < -0.3 is 15.2 Å². The molecule has 1 unspecified atom stereocenters.